The first-order valence-corrected chi connectivity index (χ1v) is 5.48. The highest BCUT2D eigenvalue weighted by Crippen LogP contribution is 2.34. The predicted molar refractivity (Wildman–Crippen MR) is 60.9 cm³/mol. The number of aliphatic carboxylic acids is 1. The van der Waals surface area contributed by atoms with Crippen molar-refractivity contribution in [2.24, 2.45) is 5.92 Å². The molecule has 1 heterocycles. The minimum absolute atomic E-state index is 0.223. The van der Waals surface area contributed by atoms with Crippen molar-refractivity contribution in [1.29, 1.82) is 0 Å². The summed E-state index contributed by atoms with van der Waals surface area (Å²) in [5.41, 5.74) is 0. The summed E-state index contributed by atoms with van der Waals surface area (Å²) >= 11 is 0. The van der Waals surface area contributed by atoms with Gasteiger partial charge >= 0.3 is 5.97 Å². The average Bonchev–Trinajstić information content (AvgIpc) is 2.78. The van der Waals surface area contributed by atoms with Crippen molar-refractivity contribution in [1.82, 2.24) is 10.1 Å². The lowest BCUT2D eigenvalue weighted by Crippen LogP contribution is -2.23. The van der Waals surface area contributed by atoms with Crippen LogP contribution in [0, 0.1) is 5.92 Å². The van der Waals surface area contributed by atoms with Crippen LogP contribution in [0.4, 0.5) is 5.95 Å². The van der Waals surface area contributed by atoms with Crippen molar-refractivity contribution in [2.75, 3.05) is 19.0 Å². The monoisotopic (exact) mass is 237 g/mol. The van der Waals surface area contributed by atoms with E-state index in [0.29, 0.717) is 24.7 Å². The highest BCUT2D eigenvalue weighted by atomic mass is 16.5. The Morgan fingerprint density at radius 2 is 2.18 bits per heavy atom. The van der Waals surface area contributed by atoms with E-state index in [0.717, 1.165) is 0 Å². The molecule has 6 heteroatoms. The van der Waals surface area contributed by atoms with Crippen LogP contribution in [0.3, 0.4) is 0 Å². The summed E-state index contributed by atoms with van der Waals surface area (Å²) in [7, 11) is 3.62. The number of anilines is 1. The second-order valence-corrected chi connectivity index (χ2v) is 4.32. The van der Waals surface area contributed by atoms with Crippen molar-refractivity contribution in [3.05, 3.63) is 18.0 Å². The van der Waals surface area contributed by atoms with E-state index in [1.807, 2.05) is 26.2 Å². The van der Waals surface area contributed by atoms with Crippen molar-refractivity contribution in [3.8, 4) is 0 Å². The van der Waals surface area contributed by atoms with Crippen LogP contribution < -0.4 is 4.90 Å². The van der Waals surface area contributed by atoms with Gasteiger partial charge in [0, 0.05) is 14.1 Å². The van der Waals surface area contributed by atoms with Crippen LogP contribution in [0.2, 0.25) is 0 Å². The van der Waals surface area contributed by atoms with Gasteiger partial charge in [0.2, 0.25) is 5.89 Å². The average molecular weight is 237 g/mol. The van der Waals surface area contributed by atoms with Gasteiger partial charge in [0.15, 0.2) is 0 Å². The molecular formula is C11H15N3O3. The lowest BCUT2D eigenvalue weighted by Gasteiger charge is -2.21. The minimum atomic E-state index is -0.816. The van der Waals surface area contributed by atoms with Gasteiger partial charge in [-0.1, -0.05) is 12.2 Å². The third-order valence-electron chi connectivity index (χ3n) is 2.90. The Morgan fingerprint density at radius 1 is 1.47 bits per heavy atom. The molecule has 0 fully saturated rings. The van der Waals surface area contributed by atoms with E-state index in [1.54, 1.807) is 4.90 Å². The summed E-state index contributed by atoms with van der Waals surface area (Å²) in [5.74, 6) is -0.637. The first-order valence-electron chi connectivity index (χ1n) is 5.48. The third kappa shape index (κ3) is 2.30. The smallest absolute Gasteiger partial charge is 0.307 e. The molecule has 1 aromatic rings. The van der Waals surface area contributed by atoms with Gasteiger partial charge in [-0.05, 0) is 18.0 Å². The molecule has 0 amide bonds. The van der Waals surface area contributed by atoms with Gasteiger partial charge in [-0.25, -0.2) is 0 Å². The van der Waals surface area contributed by atoms with Crippen LogP contribution in [-0.4, -0.2) is 35.3 Å². The summed E-state index contributed by atoms with van der Waals surface area (Å²) in [6, 6.07) is 0. The first-order chi connectivity index (χ1) is 8.09. The number of nitrogens with zero attached hydrogens (tertiary/aromatic N) is 3. The maximum atomic E-state index is 11.1. The number of carbonyl (C=O) groups is 1. The Hall–Kier alpha value is -1.85. The van der Waals surface area contributed by atoms with Gasteiger partial charge in [-0.2, -0.15) is 4.98 Å². The fourth-order valence-corrected chi connectivity index (χ4v) is 1.92. The van der Waals surface area contributed by atoms with E-state index in [4.69, 9.17) is 9.63 Å². The van der Waals surface area contributed by atoms with E-state index in [-0.39, 0.29) is 5.92 Å². The zero-order valence-corrected chi connectivity index (χ0v) is 9.83. The molecular weight excluding hydrogens is 222 g/mol. The van der Waals surface area contributed by atoms with Gasteiger partial charge in [0.25, 0.3) is 5.95 Å². The molecule has 0 spiro atoms. The number of carboxylic acid groups (broad SMARTS) is 1. The van der Waals surface area contributed by atoms with Gasteiger partial charge in [0.1, 0.15) is 0 Å². The molecule has 1 aromatic heterocycles. The van der Waals surface area contributed by atoms with Crippen molar-refractivity contribution < 1.29 is 14.4 Å². The molecule has 0 aliphatic heterocycles. The predicted octanol–water partition coefficient (Wildman–Crippen LogP) is 1.27. The van der Waals surface area contributed by atoms with Gasteiger partial charge in [-0.15, -0.1) is 0 Å². The van der Waals surface area contributed by atoms with Crippen molar-refractivity contribution in [3.63, 3.8) is 0 Å². The fourth-order valence-electron chi connectivity index (χ4n) is 1.92. The van der Waals surface area contributed by atoms with E-state index < -0.39 is 11.9 Å². The minimum Gasteiger partial charge on any atom is -0.481 e. The Kier molecular flexibility index (Phi) is 3.12. The SMILES string of the molecule is CN(C)c1noc(C2CC=CCC2C(=O)O)n1. The zero-order chi connectivity index (χ0) is 12.4. The molecule has 92 valence electrons. The Morgan fingerprint density at radius 3 is 2.76 bits per heavy atom. The number of hydrogen-bond acceptors (Lipinski definition) is 5. The molecule has 2 atom stereocenters. The maximum Gasteiger partial charge on any atom is 0.307 e. The number of carboxylic acids is 1. The molecule has 2 unspecified atom stereocenters. The molecule has 0 aromatic carbocycles. The van der Waals surface area contributed by atoms with Gasteiger partial charge in [0.05, 0.1) is 11.8 Å². The van der Waals surface area contributed by atoms with Gasteiger partial charge < -0.3 is 14.5 Å². The summed E-state index contributed by atoms with van der Waals surface area (Å²) in [5, 5.41) is 13.0. The van der Waals surface area contributed by atoms with Crippen molar-refractivity contribution in [2.45, 2.75) is 18.8 Å². The molecule has 1 aliphatic carbocycles. The normalized spacial score (nSPS) is 23.6. The largest absolute Gasteiger partial charge is 0.481 e. The number of aromatic nitrogens is 2. The van der Waals surface area contributed by atoms with E-state index in [1.165, 1.54) is 0 Å². The molecule has 0 radical (unpaired) electrons. The Bertz CT molecular complexity index is 439. The lowest BCUT2D eigenvalue weighted by molar-refractivity contribution is -0.142. The van der Waals surface area contributed by atoms with Crippen LogP contribution in [0.25, 0.3) is 0 Å². The van der Waals surface area contributed by atoms with Crippen LogP contribution >= 0.6 is 0 Å². The molecule has 0 saturated heterocycles. The summed E-state index contributed by atoms with van der Waals surface area (Å²) in [6.07, 6.45) is 4.99. The van der Waals surface area contributed by atoms with E-state index >= 15 is 0 Å². The zero-order valence-electron chi connectivity index (χ0n) is 9.83. The maximum absolute atomic E-state index is 11.1. The third-order valence-corrected chi connectivity index (χ3v) is 2.90. The summed E-state index contributed by atoms with van der Waals surface area (Å²) in [4.78, 5) is 17.1. The standard InChI is InChI=1S/C11H15N3O3/c1-14(2)11-12-9(17-13-11)7-5-3-4-6-8(7)10(15)16/h3-4,7-8H,5-6H2,1-2H3,(H,15,16). The second kappa shape index (κ2) is 4.57. The van der Waals surface area contributed by atoms with E-state index in [9.17, 15) is 4.79 Å². The fraction of sp³-hybridized carbons (Fsp3) is 0.545. The van der Waals surface area contributed by atoms with E-state index in [2.05, 4.69) is 10.1 Å². The highest BCUT2D eigenvalue weighted by molar-refractivity contribution is 5.71. The molecule has 1 aliphatic rings. The van der Waals surface area contributed by atoms with Crippen LogP contribution in [0.1, 0.15) is 24.7 Å². The molecule has 6 nitrogen and oxygen atoms in total. The molecule has 0 saturated carbocycles. The number of hydrogen-bond donors (Lipinski definition) is 1. The lowest BCUT2D eigenvalue weighted by atomic mass is 9.83. The number of rotatable bonds is 3. The summed E-state index contributed by atoms with van der Waals surface area (Å²) in [6.45, 7) is 0. The quantitative estimate of drug-likeness (QED) is 0.797. The molecule has 1 N–H and O–H groups in total. The highest BCUT2D eigenvalue weighted by Gasteiger charge is 2.33. The first kappa shape index (κ1) is 11.6. The van der Waals surface area contributed by atoms with Gasteiger partial charge in [-0.3, -0.25) is 4.79 Å². The number of allylic oxidation sites excluding steroid dienone is 2. The molecule has 17 heavy (non-hydrogen) atoms. The topological polar surface area (TPSA) is 79.5 Å². The van der Waals surface area contributed by atoms with Crippen LogP contribution in [0.5, 0.6) is 0 Å². The van der Waals surface area contributed by atoms with Crippen LogP contribution in [-0.2, 0) is 4.79 Å². The second-order valence-electron chi connectivity index (χ2n) is 4.32. The van der Waals surface area contributed by atoms with Crippen molar-refractivity contribution >= 4 is 11.9 Å². The Labute approximate surface area is 98.9 Å². The van der Waals surface area contributed by atoms with Crippen LogP contribution in [0.15, 0.2) is 16.7 Å². The Balaban J connectivity index is 2.24. The summed E-state index contributed by atoms with van der Waals surface area (Å²) < 4.78 is 5.15. The molecule has 0 bridgehead atoms. The molecule has 2 rings (SSSR count).